The average molecular weight is 415 g/mol. The second-order valence-corrected chi connectivity index (χ2v) is 8.56. The number of carbonyl (C=O) groups excluding carboxylic acids is 2. The molecule has 1 saturated heterocycles. The molecule has 1 aliphatic heterocycles. The maximum atomic E-state index is 13.0. The van der Waals surface area contributed by atoms with Crippen LogP contribution < -0.4 is 0 Å². The Kier molecular flexibility index (Phi) is 6.70. The molecule has 2 aromatic rings. The Morgan fingerprint density at radius 2 is 1.76 bits per heavy atom. The van der Waals surface area contributed by atoms with Gasteiger partial charge in [-0.15, -0.1) is 11.8 Å². The summed E-state index contributed by atoms with van der Waals surface area (Å²) >= 11 is 1.71. The summed E-state index contributed by atoms with van der Waals surface area (Å²) in [6.07, 6.45) is 2.06. The van der Waals surface area contributed by atoms with E-state index >= 15 is 0 Å². The highest BCUT2D eigenvalue weighted by atomic mass is 32.2. The van der Waals surface area contributed by atoms with Crippen LogP contribution in [0.4, 0.5) is 4.79 Å². The van der Waals surface area contributed by atoms with Crippen molar-refractivity contribution in [1.29, 1.82) is 0 Å². The molecule has 2 heterocycles. The van der Waals surface area contributed by atoms with E-state index in [9.17, 15) is 9.59 Å². The zero-order valence-electron chi connectivity index (χ0n) is 17.9. The summed E-state index contributed by atoms with van der Waals surface area (Å²) in [5.74, 6) is 0.137. The van der Waals surface area contributed by atoms with Crippen LogP contribution in [0.1, 0.15) is 21.7 Å². The van der Waals surface area contributed by atoms with Crippen LogP contribution in [0, 0.1) is 13.8 Å². The molecule has 3 rings (SSSR count). The third-order valence-corrected chi connectivity index (χ3v) is 6.16. The Morgan fingerprint density at radius 3 is 2.38 bits per heavy atom. The first-order chi connectivity index (χ1) is 13.8. The average Bonchev–Trinajstić information content (AvgIpc) is 3.02. The molecule has 1 aliphatic rings. The smallest absolute Gasteiger partial charge is 0.319 e. The predicted octanol–water partition coefficient (Wildman–Crippen LogP) is 3.30. The van der Waals surface area contributed by atoms with Crippen LogP contribution in [0.2, 0.25) is 0 Å². The molecule has 0 spiro atoms. The van der Waals surface area contributed by atoms with Crippen LogP contribution in [0.15, 0.2) is 35.2 Å². The quantitative estimate of drug-likeness (QED) is 0.556. The van der Waals surface area contributed by atoms with Crippen molar-refractivity contribution in [2.45, 2.75) is 18.7 Å². The fraction of sp³-hybridized carbons (Fsp3) is 0.455. The van der Waals surface area contributed by atoms with Gasteiger partial charge >= 0.3 is 6.03 Å². The minimum atomic E-state index is 0.0343. The highest BCUT2D eigenvalue weighted by Crippen LogP contribution is 2.25. The largest absolute Gasteiger partial charge is 0.331 e. The van der Waals surface area contributed by atoms with Gasteiger partial charge in [0.05, 0.1) is 6.54 Å². The first-order valence-corrected chi connectivity index (χ1v) is 11.1. The van der Waals surface area contributed by atoms with Crippen LogP contribution in [0.3, 0.4) is 0 Å². The van der Waals surface area contributed by atoms with Crippen molar-refractivity contribution in [2.24, 2.45) is 0 Å². The number of hydrogen-bond acceptors (Lipinski definition) is 4. The van der Waals surface area contributed by atoms with Gasteiger partial charge in [-0.25, -0.2) is 4.79 Å². The van der Waals surface area contributed by atoms with Crippen LogP contribution in [-0.2, 0) is 0 Å². The number of aromatic nitrogens is 1. The zero-order valence-corrected chi connectivity index (χ0v) is 18.8. The Bertz CT molecular complexity index is 898. The van der Waals surface area contributed by atoms with Crippen molar-refractivity contribution >= 4 is 23.6 Å². The van der Waals surface area contributed by atoms with Crippen molar-refractivity contribution in [3.05, 3.63) is 47.3 Å². The molecule has 0 atom stereocenters. The molecule has 2 amide bonds. The number of carbonyl (C=O) groups is 2. The van der Waals surface area contributed by atoms with Crippen LogP contribution in [0.25, 0.3) is 5.69 Å². The van der Waals surface area contributed by atoms with E-state index in [0.717, 1.165) is 35.7 Å². The first-order valence-electron chi connectivity index (χ1n) is 9.87. The molecular formula is C22H30N4O2S. The van der Waals surface area contributed by atoms with Gasteiger partial charge in [0.2, 0.25) is 0 Å². The molecular weight excluding hydrogens is 384 g/mol. The van der Waals surface area contributed by atoms with Gasteiger partial charge in [0, 0.05) is 67.8 Å². The first kappa shape index (κ1) is 21.5. The molecule has 0 saturated carbocycles. The third-order valence-electron chi connectivity index (χ3n) is 5.44. The number of urea groups is 1. The molecule has 0 N–H and O–H groups in total. The number of Topliss-reactive ketones (excluding diaryl/α,β-unsaturated/α-hetero) is 1. The molecule has 0 unspecified atom stereocenters. The van der Waals surface area contributed by atoms with Gasteiger partial charge in [-0.3, -0.25) is 9.69 Å². The molecule has 0 bridgehead atoms. The number of nitrogens with zero attached hydrogens (tertiary/aromatic N) is 4. The number of aryl methyl sites for hydroxylation is 1. The van der Waals surface area contributed by atoms with E-state index in [2.05, 4.69) is 40.0 Å². The van der Waals surface area contributed by atoms with Gasteiger partial charge < -0.3 is 14.4 Å². The van der Waals surface area contributed by atoms with E-state index in [1.54, 1.807) is 30.8 Å². The summed E-state index contributed by atoms with van der Waals surface area (Å²) in [5, 5.41) is 0. The van der Waals surface area contributed by atoms with Gasteiger partial charge in [-0.05, 0) is 44.4 Å². The lowest BCUT2D eigenvalue weighted by Gasteiger charge is -2.35. The molecule has 6 nitrogen and oxygen atoms in total. The monoisotopic (exact) mass is 414 g/mol. The minimum Gasteiger partial charge on any atom is -0.331 e. The normalized spacial score (nSPS) is 14.9. The Morgan fingerprint density at radius 1 is 1.07 bits per heavy atom. The molecule has 1 fully saturated rings. The lowest BCUT2D eigenvalue weighted by molar-refractivity contribution is 0.0863. The Labute approximate surface area is 177 Å². The standard InChI is InChI=1S/C22H30N4O2S/c1-16-13-20(17(2)26(16)18-7-6-8-19(14-18)29-5)21(27)15-24-9-11-25(12-10-24)22(28)23(3)4/h6-8,13-14H,9-12,15H2,1-5H3. The summed E-state index contributed by atoms with van der Waals surface area (Å²) in [6, 6.07) is 10.4. The summed E-state index contributed by atoms with van der Waals surface area (Å²) in [6.45, 7) is 7.20. The summed E-state index contributed by atoms with van der Waals surface area (Å²) in [4.78, 5) is 31.9. The number of hydrogen-bond donors (Lipinski definition) is 0. The molecule has 156 valence electrons. The molecule has 0 aliphatic carbocycles. The van der Waals surface area contributed by atoms with E-state index in [0.29, 0.717) is 19.6 Å². The van der Waals surface area contributed by atoms with Crippen molar-refractivity contribution in [3.63, 3.8) is 0 Å². The number of rotatable bonds is 5. The van der Waals surface area contributed by atoms with Crippen molar-refractivity contribution < 1.29 is 9.59 Å². The van der Waals surface area contributed by atoms with E-state index in [-0.39, 0.29) is 11.8 Å². The summed E-state index contributed by atoms with van der Waals surface area (Å²) in [7, 11) is 3.53. The van der Waals surface area contributed by atoms with Crippen molar-refractivity contribution in [2.75, 3.05) is 53.1 Å². The van der Waals surface area contributed by atoms with E-state index in [1.807, 2.05) is 24.8 Å². The number of ketones is 1. The highest BCUT2D eigenvalue weighted by Gasteiger charge is 2.25. The van der Waals surface area contributed by atoms with Gasteiger partial charge in [0.1, 0.15) is 0 Å². The Hall–Kier alpha value is -2.25. The van der Waals surface area contributed by atoms with Crippen LogP contribution >= 0.6 is 11.8 Å². The molecule has 29 heavy (non-hydrogen) atoms. The SMILES string of the molecule is CSc1cccc(-n2c(C)cc(C(=O)CN3CCN(C(=O)N(C)C)CC3)c2C)c1. The fourth-order valence-corrected chi connectivity index (χ4v) is 4.31. The topological polar surface area (TPSA) is 48.8 Å². The minimum absolute atomic E-state index is 0.0343. The van der Waals surface area contributed by atoms with Crippen LogP contribution in [0.5, 0.6) is 0 Å². The van der Waals surface area contributed by atoms with Crippen molar-refractivity contribution in [1.82, 2.24) is 19.3 Å². The third kappa shape index (κ3) is 4.67. The number of thioether (sulfide) groups is 1. The maximum Gasteiger partial charge on any atom is 0.319 e. The van der Waals surface area contributed by atoms with Gasteiger partial charge in [0.25, 0.3) is 0 Å². The van der Waals surface area contributed by atoms with E-state index in [1.165, 1.54) is 4.90 Å². The molecule has 1 aromatic heterocycles. The van der Waals surface area contributed by atoms with Crippen molar-refractivity contribution in [3.8, 4) is 5.69 Å². The van der Waals surface area contributed by atoms with E-state index in [4.69, 9.17) is 0 Å². The van der Waals surface area contributed by atoms with Gasteiger partial charge in [-0.1, -0.05) is 6.07 Å². The summed E-state index contributed by atoms with van der Waals surface area (Å²) < 4.78 is 2.15. The van der Waals surface area contributed by atoms with Crippen LogP contribution in [-0.4, -0.2) is 84.2 Å². The number of piperazine rings is 1. The van der Waals surface area contributed by atoms with Gasteiger partial charge in [0.15, 0.2) is 5.78 Å². The number of benzene rings is 1. The number of amides is 2. The predicted molar refractivity (Wildman–Crippen MR) is 118 cm³/mol. The lowest BCUT2D eigenvalue weighted by Crippen LogP contribution is -2.52. The molecule has 7 heteroatoms. The van der Waals surface area contributed by atoms with E-state index < -0.39 is 0 Å². The highest BCUT2D eigenvalue weighted by molar-refractivity contribution is 7.98. The second-order valence-electron chi connectivity index (χ2n) is 7.69. The maximum absolute atomic E-state index is 13.0. The molecule has 1 aromatic carbocycles. The second kappa shape index (κ2) is 9.05. The fourth-order valence-electron chi connectivity index (χ4n) is 3.86. The zero-order chi connectivity index (χ0) is 21.1. The van der Waals surface area contributed by atoms with Gasteiger partial charge in [-0.2, -0.15) is 0 Å². The molecule has 0 radical (unpaired) electrons. The lowest BCUT2D eigenvalue weighted by atomic mass is 10.1. The Balaban J connectivity index is 1.70. The summed E-state index contributed by atoms with van der Waals surface area (Å²) in [5.41, 5.74) is 3.91.